The van der Waals surface area contributed by atoms with Crippen molar-refractivity contribution >= 4 is 23.7 Å². The molecule has 2 rings (SSSR count). The summed E-state index contributed by atoms with van der Waals surface area (Å²) in [6, 6.07) is 14.4. The standard InChI is InChI=1S/C16H13ClO2/c17-16-8-4-3-6-13(16)10-15(19)9-12-5-1-2-7-14(12)11-18/h1-8,11H,9-10H2. The second-order valence-corrected chi connectivity index (χ2v) is 4.71. The van der Waals surface area contributed by atoms with Gasteiger partial charge in [-0.15, -0.1) is 0 Å². The van der Waals surface area contributed by atoms with Crippen LogP contribution in [0.5, 0.6) is 0 Å². The van der Waals surface area contributed by atoms with Gasteiger partial charge in [-0.25, -0.2) is 0 Å². The zero-order chi connectivity index (χ0) is 13.7. The Labute approximate surface area is 117 Å². The van der Waals surface area contributed by atoms with Gasteiger partial charge in [-0.3, -0.25) is 9.59 Å². The summed E-state index contributed by atoms with van der Waals surface area (Å²) in [5.74, 6) is 0.0439. The van der Waals surface area contributed by atoms with E-state index in [4.69, 9.17) is 11.6 Å². The maximum Gasteiger partial charge on any atom is 0.150 e. The van der Waals surface area contributed by atoms with E-state index in [0.717, 1.165) is 17.4 Å². The quantitative estimate of drug-likeness (QED) is 0.781. The molecule has 19 heavy (non-hydrogen) atoms. The minimum absolute atomic E-state index is 0.0439. The van der Waals surface area contributed by atoms with Crippen molar-refractivity contribution in [3.63, 3.8) is 0 Å². The van der Waals surface area contributed by atoms with Crippen LogP contribution in [-0.2, 0) is 17.6 Å². The van der Waals surface area contributed by atoms with Crippen LogP contribution in [0.4, 0.5) is 0 Å². The number of hydrogen-bond donors (Lipinski definition) is 0. The third-order valence-electron chi connectivity index (χ3n) is 2.92. The fourth-order valence-electron chi connectivity index (χ4n) is 1.94. The molecule has 0 heterocycles. The molecule has 0 saturated carbocycles. The van der Waals surface area contributed by atoms with Gasteiger partial charge in [0, 0.05) is 23.4 Å². The Bertz CT molecular complexity index is 605. The van der Waals surface area contributed by atoms with E-state index < -0.39 is 0 Å². The highest BCUT2D eigenvalue weighted by atomic mass is 35.5. The Kier molecular flexibility index (Phi) is 4.48. The number of rotatable bonds is 5. The molecule has 0 unspecified atom stereocenters. The molecule has 0 aliphatic heterocycles. The lowest BCUT2D eigenvalue weighted by molar-refractivity contribution is -0.117. The summed E-state index contributed by atoms with van der Waals surface area (Å²) >= 11 is 6.02. The van der Waals surface area contributed by atoms with E-state index in [-0.39, 0.29) is 18.6 Å². The number of carbonyl (C=O) groups is 2. The lowest BCUT2D eigenvalue weighted by Gasteiger charge is -2.05. The van der Waals surface area contributed by atoms with Crippen LogP contribution in [0.15, 0.2) is 48.5 Å². The molecule has 0 aliphatic carbocycles. The van der Waals surface area contributed by atoms with E-state index in [0.29, 0.717) is 10.6 Å². The van der Waals surface area contributed by atoms with Gasteiger partial charge >= 0.3 is 0 Å². The van der Waals surface area contributed by atoms with Crippen LogP contribution in [0.2, 0.25) is 5.02 Å². The predicted molar refractivity (Wildman–Crippen MR) is 75.7 cm³/mol. The second kappa shape index (κ2) is 6.30. The molecule has 0 saturated heterocycles. The van der Waals surface area contributed by atoms with Crippen molar-refractivity contribution in [3.8, 4) is 0 Å². The first-order valence-corrected chi connectivity index (χ1v) is 6.36. The van der Waals surface area contributed by atoms with Crippen LogP contribution in [0.1, 0.15) is 21.5 Å². The minimum atomic E-state index is 0.0439. The molecule has 0 amide bonds. The van der Waals surface area contributed by atoms with E-state index in [9.17, 15) is 9.59 Å². The number of halogens is 1. The highest BCUT2D eigenvalue weighted by Crippen LogP contribution is 2.17. The van der Waals surface area contributed by atoms with Crippen molar-refractivity contribution in [3.05, 3.63) is 70.2 Å². The molecule has 2 aromatic carbocycles. The molecule has 2 nitrogen and oxygen atoms in total. The Morgan fingerprint density at radius 1 is 0.947 bits per heavy atom. The van der Waals surface area contributed by atoms with Crippen molar-refractivity contribution in [1.29, 1.82) is 0 Å². The van der Waals surface area contributed by atoms with Gasteiger partial charge in [-0.2, -0.15) is 0 Å². The summed E-state index contributed by atoms with van der Waals surface area (Å²) in [5, 5.41) is 0.597. The first-order valence-electron chi connectivity index (χ1n) is 5.99. The Morgan fingerprint density at radius 3 is 2.21 bits per heavy atom. The highest BCUT2D eigenvalue weighted by molar-refractivity contribution is 6.31. The number of hydrogen-bond acceptors (Lipinski definition) is 2. The molecule has 3 heteroatoms. The average Bonchev–Trinajstić information content (AvgIpc) is 2.42. The molecule has 0 atom stereocenters. The van der Waals surface area contributed by atoms with Crippen LogP contribution in [0.25, 0.3) is 0 Å². The van der Waals surface area contributed by atoms with Crippen molar-refractivity contribution in [1.82, 2.24) is 0 Å². The van der Waals surface area contributed by atoms with Gasteiger partial charge in [0.2, 0.25) is 0 Å². The summed E-state index contributed by atoms with van der Waals surface area (Å²) < 4.78 is 0. The smallest absolute Gasteiger partial charge is 0.150 e. The highest BCUT2D eigenvalue weighted by Gasteiger charge is 2.10. The van der Waals surface area contributed by atoms with Crippen LogP contribution in [0, 0.1) is 0 Å². The third-order valence-corrected chi connectivity index (χ3v) is 3.28. The van der Waals surface area contributed by atoms with Crippen molar-refractivity contribution < 1.29 is 9.59 Å². The van der Waals surface area contributed by atoms with Crippen LogP contribution in [-0.4, -0.2) is 12.1 Å². The molecule has 0 radical (unpaired) electrons. The lowest BCUT2D eigenvalue weighted by Crippen LogP contribution is -2.08. The van der Waals surface area contributed by atoms with E-state index in [1.165, 1.54) is 0 Å². The van der Waals surface area contributed by atoms with E-state index in [2.05, 4.69) is 0 Å². The predicted octanol–water partition coefficient (Wildman–Crippen LogP) is 3.51. The maximum atomic E-state index is 12.0. The maximum absolute atomic E-state index is 12.0. The number of aldehydes is 1. The zero-order valence-corrected chi connectivity index (χ0v) is 11.1. The Morgan fingerprint density at radius 2 is 1.53 bits per heavy atom. The summed E-state index contributed by atoms with van der Waals surface area (Å²) in [6.07, 6.45) is 1.31. The van der Waals surface area contributed by atoms with Gasteiger partial charge in [-0.05, 0) is 17.2 Å². The fraction of sp³-hybridized carbons (Fsp3) is 0.125. The van der Waals surface area contributed by atoms with Crippen molar-refractivity contribution in [2.75, 3.05) is 0 Å². The monoisotopic (exact) mass is 272 g/mol. The van der Waals surface area contributed by atoms with Gasteiger partial charge in [-0.1, -0.05) is 54.1 Å². The summed E-state index contributed by atoms with van der Waals surface area (Å²) in [5.41, 5.74) is 2.14. The number of carbonyl (C=O) groups excluding carboxylic acids is 2. The first kappa shape index (κ1) is 13.5. The van der Waals surface area contributed by atoms with Gasteiger partial charge in [0.15, 0.2) is 0 Å². The van der Waals surface area contributed by atoms with Gasteiger partial charge in [0.1, 0.15) is 12.1 Å². The van der Waals surface area contributed by atoms with E-state index >= 15 is 0 Å². The summed E-state index contributed by atoms with van der Waals surface area (Å²) in [4.78, 5) is 22.9. The molecule has 2 aromatic rings. The third kappa shape index (κ3) is 3.52. The second-order valence-electron chi connectivity index (χ2n) is 4.30. The average molecular weight is 273 g/mol. The molecular weight excluding hydrogens is 260 g/mol. The SMILES string of the molecule is O=Cc1ccccc1CC(=O)Cc1ccccc1Cl. The number of ketones is 1. The van der Waals surface area contributed by atoms with E-state index in [1.54, 1.807) is 24.3 Å². The van der Waals surface area contributed by atoms with E-state index in [1.807, 2.05) is 24.3 Å². The molecule has 0 aromatic heterocycles. The molecular formula is C16H13ClO2. The number of Topliss-reactive ketones (excluding diaryl/α,β-unsaturated/α-hetero) is 1. The Balaban J connectivity index is 2.10. The zero-order valence-electron chi connectivity index (χ0n) is 10.3. The van der Waals surface area contributed by atoms with Gasteiger partial charge in [0.25, 0.3) is 0 Å². The summed E-state index contributed by atoms with van der Waals surface area (Å²) in [7, 11) is 0. The Hall–Kier alpha value is -1.93. The summed E-state index contributed by atoms with van der Waals surface area (Å²) in [6.45, 7) is 0. The first-order chi connectivity index (χ1) is 9.20. The molecule has 0 aliphatic rings. The van der Waals surface area contributed by atoms with Crippen LogP contribution in [0.3, 0.4) is 0 Å². The molecule has 0 N–H and O–H groups in total. The molecule has 0 bridgehead atoms. The van der Waals surface area contributed by atoms with Crippen molar-refractivity contribution in [2.45, 2.75) is 12.8 Å². The molecule has 0 spiro atoms. The van der Waals surface area contributed by atoms with Gasteiger partial charge in [0.05, 0.1) is 0 Å². The normalized spacial score (nSPS) is 10.2. The lowest BCUT2D eigenvalue weighted by atomic mass is 9.99. The fourth-order valence-corrected chi connectivity index (χ4v) is 2.14. The van der Waals surface area contributed by atoms with Crippen molar-refractivity contribution in [2.24, 2.45) is 0 Å². The molecule has 0 fully saturated rings. The van der Waals surface area contributed by atoms with Crippen LogP contribution >= 0.6 is 11.6 Å². The largest absolute Gasteiger partial charge is 0.299 e. The van der Waals surface area contributed by atoms with Gasteiger partial charge < -0.3 is 0 Å². The van der Waals surface area contributed by atoms with Crippen LogP contribution < -0.4 is 0 Å². The topological polar surface area (TPSA) is 34.1 Å². The number of benzene rings is 2. The molecule has 96 valence electrons. The minimum Gasteiger partial charge on any atom is -0.299 e.